The van der Waals surface area contributed by atoms with Crippen LogP contribution in [0.1, 0.15) is 39.5 Å². The molecular formula is C14H28N2O. The van der Waals surface area contributed by atoms with Crippen LogP contribution in [0.5, 0.6) is 0 Å². The minimum atomic E-state index is 0.401. The molecule has 0 amide bonds. The van der Waals surface area contributed by atoms with Gasteiger partial charge in [0.15, 0.2) is 0 Å². The van der Waals surface area contributed by atoms with E-state index in [0.29, 0.717) is 6.10 Å². The molecule has 0 aromatic rings. The molecule has 0 aromatic heterocycles. The highest BCUT2D eigenvalue weighted by Gasteiger charge is 2.24. The normalized spacial score (nSPS) is 36.0. The minimum Gasteiger partial charge on any atom is -0.374 e. The van der Waals surface area contributed by atoms with E-state index in [1.807, 2.05) is 0 Å². The van der Waals surface area contributed by atoms with E-state index >= 15 is 0 Å². The van der Waals surface area contributed by atoms with Gasteiger partial charge in [-0.2, -0.15) is 0 Å². The van der Waals surface area contributed by atoms with Crippen molar-refractivity contribution < 1.29 is 4.74 Å². The lowest BCUT2D eigenvalue weighted by Gasteiger charge is -2.35. The van der Waals surface area contributed by atoms with E-state index < -0.39 is 0 Å². The van der Waals surface area contributed by atoms with Crippen LogP contribution in [-0.4, -0.2) is 49.8 Å². The number of morpholine rings is 1. The van der Waals surface area contributed by atoms with E-state index in [2.05, 4.69) is 24.1 Å². The van der Waals surface area contributed by atoms with Crippen molar-refractivity contribution in [1.82, 2.24) is 10.2 Å². The molecule has 2 aliphatic rings. The predicted octanol–water partition coefficient (Wildman–Crippen LogP) is 1.88. The van der Waals surface area contributed by atoms with E-state index in [1.54, 1.807) is 0 Å². The molecule has 0 aromatic carbocycles. The van der Waals surface area contributed by atoms with Gasteiger partial charge in [0.1, 0.15) is 0 Å². The third kappa shape index (κ3) is 3.94. The van der Waals surface area contributed by atoms with E-state index in [1.165, 1.54) is 25.7 Å². The van der Waals surface area contributed by atoms with Gasteiger partial charge in [-0.05, 0) is 25.3 Å². The van der Waals surface area contributed by atoms with Crippen LogP contribution in [-0.2, 0) is 4.74 Å². The topological polar surface area (TPSA) is 24.5 Å². The molecule has 2 rings (SSSR count). The fraction of sp³-hybridized carbons (Fsp3) is 1.00. The Hall–Kier alpha value is -0.120. The van der Waals surface area contributed by atoms with Crippen LogP contribution in [0, 0.1) is 5.92 Å². The molecule has 2 fully saturated rings. The second-order valence-corrected chi connectivity index (χ2v) is 5.66. The third-order valence-electron chi connectivity index (χ3n) is 4.39. The number of ether oxygens (including phenoxy) is 1. The number of nitrogens with one attached hydrogen (secondary N) is 1. The summed E-state index contributed by atoms with van der Waals surface area (Å²) in [4.78, 5) is 2.49. The second-order valence-electron chi connectivity index (χ2n) is 5.66. The van der Waals surface area contributed by atoms with Crippen molar-refractivity contribution in [2.45, 2.75) is 51.7 Å². The van der Waals surface area contributed by atoms with Crippen molar-refractivity contribution >= 4 is 0 Å². The molecule has 3 heteroatoms. The van der Waals surface area contributed by atoms with Gasteiger partial charge in [0, 0.05) is 25.7 Å². The Labute approximate surface area is 106 Å². The molecule has 1 heterocycles. The number of hydrogen-bond donors (Lipinski definition) is 1. The lowest BCUT2D eigenvalue weighted by Crippen LogP contribution is -2.49. The zero-order valence-corrected chi connectivity index (χ0v) is 11.5. The molecule has 0 spiro atoms. The monoisotopic (exact) mass is 240 g/mol. The molecule has 0 radical (unpaired) electrons. The standard InChI is InChI=1S/C14H28N2O/c1-3-16-8-9-17-13(11-16)10-15-14-7-5-4-6-12(14)2/h12-15H,3-11H2,1-2H3. The van der Waals surface area contributed by atoms with Crippen molar-refractivity contribution in [1.29, 1.82) is 0 Å². The molecule has 3 unspecified atom stereocenters. The molecule has 100 valence electrons. The Morgan fingerprint density at radius 1 is 1.29 bits per heavy atom. The van der Waals surface area contributed by atoms with Crippen LogP contribution in [0.3, 0.4) is 0 Å². The number of hydrogen-bond acceptors (Lipinski definition) is 3. The zero-order chi connectivity index (χ0) is 12.1. The maximum Gasteiger partial charge on any atom is 0.0826 e. The van der Waals surface area contributed by atoms with Crippen molar-refractivity contribution in [2.24, 2.45) is 5.92 Å². The Morgan fingerprint density at radius 3 is 2.88 bits per heavy atom. The largest absolute Gasteiger partial charge is 0.374 e. The average Bonchev–Trinajstić information content (AvgIpc) is 2.38. The van der Waals surface area contributed by atoms with E-state index in [4.69, 9.17) is 4.74 Å². The zero-order valence-electron chi connectivity index (χ0n) is 11.5. The number of nitrogens with zero attached hydrogens (tertiary/aromatic N) is 1. The van der Waals surface area contributed by atoms with E-state index in [9.17, 15) is 0 Å². The second kappa shape index (κ2) is 6.72. The smallest absolute Gasteiger partial charge is 0.0826 e. The highest BCUT2D eigenvalue weighted by Crippen LogP contribution is 2.23. The first-order valence-corrected chi connectivity index (χ1v) is 7.37. The molecule has 1 aliphatic carbocycles. The van der Waals surface area contributed by atoms with Crippen LogP contribution in [0.2, 0.25) is 0 Å². The van der Waals surface area contributed by atoms with Gasteiger partial charge < -0.3 is 10.1 Å². The molecule has 17 heavy (non-hydrogen) atoms. The molecule has 1 aliphatic heterocycles. The fourth-order valence-electron chi connectivity index (χ4n) is 3.09. The molecular weight excluding hydrogens is 212 g/mol. The maximum absolute atomic E-state index is 5.83. The number of rotatable bonds is 4. The first-order chi connectivity index (χ1) is 8.29. The molecule has 1 saturated heterocycles. The molecule has 3 atom stereocenters. The third-order valence-corrected chi connectivity index (χ3v) is 4.39. The maximum atomic E-state index is 5.83. The summed E-state index contributed by atoms with van der Waals surface area (Å²) in [6, 6.07) is 0.726. The predicted molar refractivity (Wildman–Crippen MR) is 71.3 cm³/mol. The molecule has 3 nitrogen and oxygen atoms in total. The summed E-state index contributed by atoms with van der Waals surface area (Å²) in [6.07, 6.45) is 5.96. The van der Waals surface area contributed by atoms with Crippen LogP contribution in [0.25, 0.3) is 0 Å². The summed E-state index contributed by atoms with van der Waals surface area (Å²) in [6.45, 7) is 9.92. The van der Waals surface area contributed by atoms with Gasteiger partial charge in [0.25, 0.3) is 0 Å². The first-order valence-electron chi connectivity index (χ1n) is 7.37. The summed E-state index contributed by atoms with van der Waals surface area (Å²) >= 11 is 0. The van der Waals surface area contributed by atoms with E-state index in [-0.39, 0.29) is 0 Å². The van der Waals surface area contributed by atoms with Crippen LogP contribution < -0.4 is 5.32 Å². The lowest BCUT2D eigenvalue weighted by molar-refractivity contribution is -0.0275. The van der Waals surface area contributed by atoms with Gasteiger partial charge >= 0.3 is 0 Å². The highest BCUT2D eigenvalue weighted by molar-refractivity contribution is 4.81. The minimum absolute atomic E-state index is 0.401. The Balaban J connectivity index is 1.69. The highest BCUT2D eigenvalue weighted by atomic mass is 16.5. The van der Waals surface area contributed by atoms with Gasteiger partial charge in [-0.25, -0.2) is 0 Å². The van der Waals surface area contributed by atoms with Crippen molar-refractivity contribution in [2.75, 3.05) is 32.8 Å². The summed E-state index contributed by atoms with van der Waals surface area (Å²) in [7, 11) is 0. The summed E-state index contributed by atoms with van der Waals surface area (Å²) < 4.78 is 5.83. The Morgan fingerprint density at radius 2 is 2.12 bits per heavy atom. The van der Waals surface area contributed by atoms with Crippen LogP contribution >= 0.6 is 0 Å². The fourth-order valence-corrected chi connectivity index (χ4v) is 3.09. The van der Waals surface area contributed by atoms with Gasteiger partial charge in [-0.1, -0.05) is 26.7 Å². The Bertz CT molecular complexity index is 222. The van der Waals surface area contributed by atoms with Gasteiger partial charge in [-0.3, -0.25) is 4.90 Å². The lowest BCUT2D eigenvalue weighted by atomic mass is 9.86. The molecule has 1 N–H and O–H groups in total. The first kappa shape index (κ1) is 13.3. The SMILES string of the molecule is CCN1CCOC(CNC2CCCCC2C)C1. The van der Waals surface area contributed by atoms with Gasteiger partial charge in [-0.15, -0.1) is 0 Å². The summed E-state index contributed by atoms with van der Waals surface area (Å²) in [5.74, 6) is 0.842. The van der Waals surface area contributed by atoms with Crippen LogP contribution in [0.4, 0.5) is 0 Å². The van der Waals surface area contributed by atoms with Gasteiger partial charge in [0.05, 0.1) is 12.7 Å². The molecule has 1 saturated carbocycles. The summed E-state index contributed by atoms with van der Waals surface area (Å²) in [5, 5.41) is 3.73. The van der Waals surface area contributed by atoms with Crippen LogP contribution in [0.15, 0.2) is 0 Å². The van der Waals surface area contributed by atoms with Crippen molar-refractivity contribution in [3.63, 3.8) is 0 Å². The van der Waals surface area contributed by atoms with Crippen molar-refractivity contribution in [3.05, 3.63) is 0 Å². The quantitative estimate of drug-likeness (QED) is 0.812. The van der Waals surface area contributed by atoms with E-state index in [0.717, 1.165) is 44.7 Å². The summed E-state index contributed by atoms with van der Waals surface area (Å²) in [5.41, 5.74) is 0. The Kier molecular flexibility index (Phi) is 5.26. The van der Waals surface area contributed by atoms with Crippen molar-refractivity contribution in [3.8, 4) is 0 Å². The number of likely N-dealkylation sites (N-methyl/N-ethyl adjacent to an activating group) is 1. The van der Waals surface area contributed by atoms with Gasteiger partial charge in [0.2, 0.25) is 0 Å². The average molecular weight is 240 g/mol. The molecule has 0 bridgehead atoms.